The van der Waals surface area contributed by atoms with Gasteiger partial charge in [0.1, 0.15) is 11.8 Å². The number of hydrogen-bond acceptors (Lipinski definition) is 4. The number of hydrogen-bond donors (Lipinski definition) is 3. The van der Waals surface area contributed by atoms with E-state index in [1.165, 1.54) is 0 Å². The van der Waals surface area contributed by atoms with Crippen LogP contribution in [0.15, 0.2) is 89.9 Å². The highest BCUT2D eigenvalue weighted by Crippen LogP contribution is 2.29. The van der Waals surface area contributed by atoms with Crippen molar-refractivity contribution in [1.82, 2.24) is 4.90 Å². The second-order valence-corrected chi connectivity index (χ2v) is 8.44. The second-order valence-electron chi connectivity index (χ2n) is 8.44. The van der Waals surface area contributed by atoms with E-state index in [9.17, 15) is 9.59 Å². The summed E-state index contributed by atoms with van der Waals surface area (Å²) in [5.41, 5.74) is 19.2. The smallest absolute Gasteiger partial charge is 0.240 e. The van der Waals surface area contributed by atoms with Gasteiger partial charge in [-0.25, -0.2) is 0 Å². The molecule has 188 valence electrons. The number of primary amides is 1. The van der Waals surface area contributed by atoms with Crippen LogP contribution in [0.25, 0.3) is 0 Å². The first kappa shape index (κ1) is 26.3. The zero-order valence-electron chi connectivity index (χ0n) is 20.4. The molecule has 8 nitrogen and oxygen atoms in total. The summed E-state index contributed by atoms with van der Waals surface area (Å²) in [7, 11) is 1.59. The van der Waals surface area contributed by atoms with Gasteiger partial charge in [-0.3, -0.25) is 14.6 Å². The fourth-order valence-electron chi connectivity index (χ4n) is 4.15. The molecule has 0 aliphatic rings. The molecule has 36 heavy (non-hydrogen) atoms. The average molecular weight is 488 g/mol. The van der Waals surface area contributed by atoms with E-state index in [0.29, 0.717) is 25.1 Å². The molecule has 1 atom stereocenters. The van der Waals surface area contributed by atoms with Gasteiger partial charge in [0.25, 0.3) is 0 Å². The van der Waals surface area contributed by atoms with E-state index in [1.807, 2.05) is 84.9 Å². The topological polar surface area (TPSA) is 137 Å². The van der Waals surface area contributed by atoms with Gasteiger partial charge in [-0.15, -0.1) is 0 Å². The molecule has 0 fully saturated rings. The molecule has 0 heterocycles. The molecular formula is C28H33N5O3. The van der Waals surface area contributed by atoms with E-state index >= 15 is 0 Å². The van der Waals surface area contributed by atoms with Crippen LogP contribution in [0.3, 0.4) is 0 Å². The van der Waals surface area contributed by atoms with Crippen LogP contribution in [0.2, 0.25) is 0 Å². The van der Waals surface area contributed by atoms with E-state index in [0.717, 1.165) is 16.7 Å². The van der Waals surface area contributed by atoms with Crippen molar-refractivity contribution < 1.29 is 14.3 Å². The molecular weight excluding hydrogens is 454 g/mol. The van der Waals surface area contributed by atoms with Gasteiger partial charge in [0.15, 0.2) is 5.96 Å². The van der Waals surface area contributed by atoms with Crippen LogP contribution in [0, 0.1) is 0 Å². The lowest BCUT2D eigenvalue weighted by Gasteiger charge is -2.33. The lowest BCUT2D eigenvalue weighted by molar-refractivity contribution is -0.141. The first-order valence-corrected chi connectivity index (χ1v) is 11.8. The third-order valence-electron chi connectivity index (χ3n) is 5.94. The summed E-state index contributed by atoms with van der Waals surface area (Å²) in [5.74, 6) is -0.725. The predicted molar refractivity (Wildman–Crippen MR) is 141 cm³/mol. The number of ether oxygens (including phenoxy) is 1. The standard InChI is InChI=1S/C28H33N5O3/c1-36-23-16-14-20(15-17-23)19-33(24(26(29)34)13-8-18-32-28(30)31)27(35)25(21-9-4-2-5-10-21)22-11-6-3-7-12-22/h2-7,9-12,14-17,24-25H,8,13,18-19H2,1H3,(H2,29,34)(H4,30,31,32)/t24-/m0/s1. The van der Waals surface area contributed by atoms with E-state index in [4.69, 9.17) is 21.9 Å². The first-order chi connectivity index (χ1) is 17.4. The zero-order chi connectivity index (χ0) is 25.9. The molecule has 2 amide bonds. The summed E-state index contributed by atoms with van der Waals surface area (Å²) in [6, 6.07) is 25.6. The Balaban J connectivity index is 2.01. The maximum Gasteiger partial charge on any atom is 0.240 e. The molecule has 0 radical (unpaired) electrons. The van der Waals surface area contributed by atoms with Crippen molar-refractivity contribution in [2.24, 2.45) is 22.2 Å². The van der Waals surface area contributed by atoms with Crippen molar-refractivity contribution in [1.29, 1.82) is 0 Å². The van der Waals surface area contributed by atoms with Gasteiger partial charge in [-0.1, -0.05) is 72.8 Å². The van der Waals surface area contributed by atoms with Crippen LogP contribution in [-0.2, 0) is 16.1 Å². The van der Waals surface area contributed by atoms with Crippen LogP contribution in [0.5, 0.6) is 5.75 Å². The fraction of sp³-hybridized carbons (Fsp3) is 0.250. The third-order valence-corrected chi connectivity index (χ3v) is 5.94. The maximum absolute atomic E-state index is 14.3. The fourth-order valence-corrected chi connectivity index (χ4v) is 4.15. The van der Waals surface area contributed by atoms with Gasteiger partial charge in [0, 0.05) is 13.1 Å². The molecule has 0 saturated carbocycles. The minimum absolute atomic E-state index is 0.0231. The lowest BCUT2D eigenvalue weighted by atomic mass is 9.89. The van der Waals surface area contributed by atoms with E-state index < -0.39 is 17.9 Å². The number of rotatable bonds is 12. The Morgan fingerprint density at radius 1 is 0.861 bits per heavy atom. The molecule has 0 spiro atoms. The highest BCUT2D eigenvalue weighted by molar-refractivity contribution is 5.92. The number of nitrogens with two attached hydrogens (primary N) is 3. The van der Waals surface area contributed by atoms with E-state index in [-0.39, 0.29) is 18.4 Å². The maximum atomic E-state index is 14.3. The number of carbonyl (C=O) groups is 2. The molecule has 0 aliphatic heterocycles. The van der Waals surface area contributed by atoms with E-state index in [2.05, 4.69) is 4.99 Å². The zero-order valence-corrected chi connectivity index (χ0v) is 20.4. The Hall–Kier alpha value is -4.33. The van der Waals surface area contributed by atoms with Crippen molar-refractivity contribution in [3.05, 3.63) is 102 Å². The largest absolute Gasteiger partial charge is 0.497 e. The summed E-state index contributed by atoms with van der Waals surface area (Å²) in [6.45, 7) is 0.534. The minimum Gasteiger partial charge on any atom is -0.497 e. The summed E-state index contributed by atoms with van der Waals surface area (Å²) in [5, 5.41) is 0. The van der Waals surface area contributed by atoms with Gasteiger partial charge in [-0.05, 0) is 41.7 Å². The monoisotopic (exact) mass is 487 g/mol. The number of guanidine groups is 1. The highest BCUT2D eigenvalue weighted by atomic mass is 16.5. The van der Waals surface area contributed by atoms with Gasteiger partial charge >= 0.3 is 0 Å². The normalized spacial score (nSPS) is 11.5. The third kappa shape index (κ3) is 7.09. The number of amides is 2. The Morgan fingerprint density at radius 3 is 1.89 bits per heavy atom. The quantitative estimate of drug-likeness (QED) is 0.205. The van der Waals surface area contributed by atoms with Gasteiger partial charge in [-0.2, -0.15) is 0 Å². The SMILES string of the molecule is COc1ccc(CN(C(=O)C(c2ccccc2)c2ccccc2)[C@@H](CCCN=C(N)N)C(N)=O)cc1. The van der Waals surface area contributed by atoms with Gasteiger partial charge in [0.2, 0.25) is 11.8 Å². The second kappa shape index (κ2) is 12.9. The lowest BCUT2D eigenvalue weighted by Crippen LogP contribution is -2.49. The Kier molecular flexibility index (Phi) is 9.45. The number of methoxy groups -OCH3 is 1. The highest BCUT2D eigenvalue weighted by Gasteiger charge is 2.34. The van der Waals surface area contributed by atoms with E-state index in [1.54, 1.807) is 12.0 Å². The van der Waals surface area contributed by atoms with Gasteiger partial charge < -0.3 is 26.8 Å². The number of carbonyl (C=O) groups excluding carboxylic acids is 2. The van der Waals surface area contributed by atoms with Crippen molar-refractivity contribution >= 4 is 17.8 Å². The molecule has 0 aliphatic carbocycles. The Morgan fingerprint density at radius 2 is 1.42 bits per heavy atom. The molecule has 0 unspecified atom stereocenters. The predicted octanol–water partition coefficient (Wildman–Crippen LogP) is 2.76. The van der Waals surface area contributed by atoms with Gasteiger partial charge in [0.05, 0.1) is 13.0 Å². The molecule has 3 aromatic carbocycles. The molecule has 6 N–H and O–H groups in total. The first-order valence-electron chi connectivity index (χ1n) is 11.8. The number of aliphatic imine (C=N–C) groups is 1. The van der Waals surface area contributed by atoms with Crippen LogP contribution < -0.4 is 21.9 Å². The number of benzene rings is 3. The molecule has 0 saturated heterocycles. The summed E-state index contributed by atoms with van der Waals surface area (Å²) in [6.07, 6.45) is 0.809. The summed E-state index contributed by atoms with van der Waals surface area (Å²) >= 11 is 0. The molecule has 8 heteroatoms. The van der Waals surface area contributed by atoms with Crippen LogP contribution in [0.1, 0.15) is 35.4 Å². The molecule has 0 bridgehead atoms. The molecule has 0 aromatic heterocycles. The number of nitrogens with zero attached hydrogens (tertiary/aromatic N) is 2. The van der Waals surface area contributed by atoms with Crippen LogP contribution >= 0.6 is 0 Å². The average Bonchev–Trinajstić information content (AvgIpc) is 2.89. The summed E-state index contributed by atoms with van der Waals surface area (Å²) < 4.78 is 5.26. The Labute approximate surface area is 211 Å². The van der Waals surface area contributed by atoms with Crippen LogP contribution in [-0.4, -0.2) is 42.4 Å². The minimum atomic E-state index is -0.844. The van der Waals surface area contributed by atoms with Crippen molar-refractivity contribution in [3.8, 4) is 5.75 Å². The van der Waals surface area contributed by atoms with Crippen molar-refractivity contribution in [2.75, 3.05) is 13.7 Å². The van der Waals surface area contributed by atoms with Crippen molar-refractivity contribution in [3.63, 3.8) is 0 Å². The molecule has 3 rings (SSSR count). The Bertz CT molecular complexity index is 1110. The van der Waals surface area contributed by atoms with Crippen molar-refractivity contribution in [2.45, 2.75) is 31.3 Å². The van der Waals surface area contributed by atoms with Crippen LogP contribution in [0.4, 0.5) is 0 Å². The molecule has 3 aromatic rings. The summed E-state index contributed by atoms with van der Waals surface area (Å²) in [4.78, 5) is 32.5.